The molecule has 1 N–H and O–H groups in total. The molecule has 0 aromatic heterocycles. The topological polar surface area (TPSA) is 49.0 Å². The number of hydrogen-bond acceptors (Lipinski definition) is 5. The van der Waals surface area contributed by atoms with E-state index in [9.17, 15) is 0 Å². The summed E-state index contributed by atoms with van der Waals surface area (Å²) in [4.78, 5) is 0. The minimum absolute atomic E-state index is 0.108. The van der Waals surface area contributed by atoms with Gasteiger partial charge in [-0.1, -0.05) is 0 Å². The molecule has 94 valence electrons. The number of hydrogen-bond donors (Lipinski definition) is 1. The molecule has 1 aromatic carbocycles. The van der Waals surface area contributed by atoms with E-state index in [1.165, 1.54) is 0 Å². The van der Waals surface area contributed by atoms with E-state index in [0.717, 1.165) is 12.1 Å². The van der Waals surface area contributed by atoms with Crippen LogP contribution in [-0.2, 0) is 4.74 Å². The highest BCUT2D eigenvalue weighted by Gasteiger charge is 2.21. The van der Waals surface area contributed by atoms with Crippen LogP contribution in [0.4, 0.5) is 0 Å². The Morgan fingerprint density at radius 2 is 1.76 bits per heavy atom. The molecular weight excluding hydrogens is 222 g/mol. The van der Waals surface area contributed by atoms with Crippen molar-refractivity contribution in [3.8, 4) is 17.2 Å². The van der Waals surface area contributed by atoms with Gasteiger partial charge in [0.05, 0.1) is 27.9 Å². The molecule has 1 aromatic rings. The van der Waals surface area contributed by atoms with Gasteiger partial charge in [0.1, 0.15) is 6.23 Å². The smallest absolute Gasteiger partial charge is 0.203 e. The largest absolute Gasteiger partial charge is 0.493 e. The van der Waals surface area contributed by atoms with Gasteiger partial charge in [-0.3, -0.25) is 5.32 Å². The maximum absolute atomic E-state index is 5.55. The van der Waals surface area contributed by atoms with Crippen molar-refractivity contribution in [2.24, 2.45) is 0 Å². The van der Waals surface area contributed by atoms with Crippen LogP contribution in [-0.4, -0.2) is 34.5 Å². The quantitative estimate of drug-likeness (QED) is 0.859. The van der Waals surface area contributed by atoms with Crippen molar-refractivity contribution >= 4 is 0 Å². The van der Waals surface area contributed by atoms with Crippen LogP contribution in [0.3, 0.4) is 0 Å². The van der Waals surface area contributed by atoms with E-state index < -0.39 is 0 Å². The van der Waals surface area contributed by atoms with Gasteiger partial charge in [-0.05, 0) is 12.1 Å². The predicted octanol–water partition coefficient (Wildman–Crippen LogP) is 1.33. The fourth-order valence-electron chi connectivity index (χ4n) is 1.89. The lowest BCUT2D eigenvalue weighted by atomic mass is 10.1. The average Bonchev–Trinajstić information content (AvgIpc) is 2.90. The van der Waals surface area contributed by atoms with Crippen molar-refractivity contribution in [3.05, 3.63) is 17.7 Å². The van der Waals surface area contributed by atoms with E-state index in [-0.39, 0.29) is 6.23 Å². The van der Waals surface area contributed by atoms with Gasteiger partial charge >= 0.3 is 0 Å². The van der Waals surface area contributed by atoms with Crippen molar-refractivity contribution in [2.45, 2.75) is 6.23 Å². The Kier molecular flexibility index (Phi) is 3.71. The second-order valence-corrected chi connectivity index (χ2v) is 3.66. The molecular formula is C12H17NO4. The molecule has 5 nitrogen and oxygen atoms in total. The molecule has 1 saturated heterocycles. The molecule has 1 aliphatic rings. The summed E-state index contributed by atoms with van der Waals surface area (Å²) in [5, 5.41) is 3.24. The van der Waals surface area contributed by atoms with Gasteiger partial charge in [-0.15, -0.1) is 0 Å². The van der Waals surface area contributed by atoms with E-state index in [4.69, 9.17) is 18.9 Å². The highest BCUT2D eigenvalue weighted by molar-refractivity contribution is 5.54. The third kappa shape index (κ3) is 2.30. The van der Waals surface area contributed by atoms with E-state index in [1.807, 2.05) is 12.1 Å². The summed E-state index contributed by atoms with van der Waals surface area (Å²) in [6.45, 7) is 1.56. The SMILES string of the molecule is COc1cc(C2NCCO2)cc(OC)c1OC. The van der Waals surface area contributed by atoms with Crippen LogP contribution >= 0.6 is 0 Å². The summed E-state index contributed by atoms with van der Waals surface area (Å²) >= 11 is 0. The minimum Gasteiger partial charge on any atom is -0.493 e. The van der Waals surface area contributed by atoms with Crippen LogP contribution in [0.5, 0.6) is 17.2 Å². The molecule has 0 saturated carbocycles. The first-order chi connectivity index (χ1) is 8.30. The van der Waals surface area contributed by atoms with Gasteiger partial charge in [0, 0.05) is 12.1 Å². The number of nitrogens with one attached hydrogen (secondary N) is 1. The van der Waals surface area contributed by atoms with Crippen LogP contribution < -0.4 is 19.5 Å². The van der Waals surface area contributed by atoms with E-state index in [1.54, 1.807) is 21.3 Å². The fourth-order valence-corrected chi connectivity index (χ4v) is 1.89. The number of benzene rings is 1. The highest BCUT2D eigenvalue weighted by Crippen LogP contribution is 2.40. The second-order valence-electron chi connectivity index (χ2n) is 3.66. The molecule has 0 aliphatic carbocycles. The van der Waals surface area contributed by atoms with Crippen LogP contribution in [0.1, 0.15) is 11.8 Å². The summed E-state index contributed by atoms with van der Waals surface area (Å²) < 4.78 is 21.4. The first-order valence-electron chi connectivity index (χ1n) is 5.45. The maximum atomic E-state index is 5.55. The molecule has 0 radical (unpaired) electrons. The van der Waals surface area contributed by atoms with Gasteiger partial charge < -0.3 is 18.9 Å². The molecule has 1 unspecified atom stereocenters. The molecule has 0 amide bonds. The summed E-state index contributed by atoms with van der Waals surface area (Å²) in [6.07, 6.45) is -0.108. The van der Waals surface area contributed by atoms with Crippen LogP contribution in [0.25, 0.3) is 0 Å². The van der Waals surface area contributed by atoms with E-state index >= 15 is 0 Å². The van der Waals surface area contributed by atoms with Crippen molar-refractivity contribution in [2.75, 3.05) is 34.5 Å². The maximum Gasteiger partial charge on any atom is 0.203 e. The molecule has 1 atom stereocenters. The Bertz CT molecular complexity index is 363. The third-order valence-corrected chi connectivity index (χ3v) is 2.71. The molecule has 0 spiro atoms. The first kappa shape index (κ1) is 12.0. The lowest BCUT2D eigenvalue weighted by Crippen LogP contribution is -2.14. The van der Waals surface area contributed by atoms with Gasteiger partial charge in [0.15, 0.2) is 11.5 Å². The monoisotopic (exact) mass is 239 g/mol. The molecule has 0 bridgehead atoms. The van der Waals surface area contributed by atoms with Crippen molar-refractivity contribution in [1.29, 1.82) is 0 Å². The fraction of sp³-hybridized carbons (Fsp3) is 0.500. The zero-order valence-corrected chi connectivity index (χ0v) is 10.3. The zero-order valence-electron chi connectivity index (χ0n) is 10.3. The molecule has 17 heavy (non-hydrogen) atoms. The highest BCUT2D eigenvalue weighted by atomic mass is 16.5. The van der Waals surface area contributed by atoms with Crippen molar-refractivity contribution in [3.63, 3.8) is 0 Å². The van der Waals surface area contributed by atoms with E-state index in [0.29, 0.717) is 23.9 Å². The van der Waals surface area contributed by atoms with Crippen molar-refractivity contribution < 1.29 is 18.9 Å². The molecule has 1 aliphatic heterocycles. The van der Waals surface area contributed by atoms with Crippen LogP contribution in [0, 0.1) is 0 Å². The number of rotatable bonds is 4. The minimum atomic E-state index is -0.108. The molecule has 2 rings (SSSR count). The Morgan fingerprint density at radius 3 is 2.18 bits per heavy atom. The average molecular weight is 239 g/mol. The molecule has 1 heterocycles. The lowest BCUT2D eigenvalue weighted by molar-refractivity contribution is 0.101. The van der Waals surface area contributed by atoms with Gasteiger partial charge in [-0.25, -0.2) is 0 Å². The van der Waals surface area contributed by atoms with Gasteiger partial charge in [-0.2, -0.15) is 0 Å². The second kappa shape index (κ2) is 5.25. The number of ether oxygens (including phenoxy) is 4. The summed E-state index contributed by atoms with van der Waals surface area (Å²) in [5.74, 6) is 1.87. The zero-order chi connectivity index (χ0) is 12.3. The van der Waals surface area contributed by atoms with Crippen LogP contribution in [0.15, 0.2) is 12.1 Å². The lowest BCUT2D eigenvalue weighted by Gasteiger charge is -2.16. The van der Waals surface area contributed by atoms with Gasteiger partial charge in [0.25, 0.3) is 0 Å². The third-order valence-electron chi connectivity index (χ3n) is 2.71. The van der Waals surface area contributed by atoms with E-state index in [2.05, 4.69) is 5.32 Å². The normalized spacial score (nSPS) is 19.1. The standard InChI is InChI=1S/C12H17NO4/c1-14-9-6-8(12-13-4-5-17-12)7-10(15-2)11(9)16-3/h6-7,12-13H,4-5H2,1-3H3. The summed E-state index contributed by atoms with van der Waals surface area (Å²) in [7, 11) is 4.79. The van der Waals surface area contributed by atoms with Gasteiger partial charge in [0.2, 0.25) is 5.75 Å². The Hall–Kier alpha value is -1.46. The summed E-state index contributed by atoms with van der Waals surface area (Å²) in [5.41, 5.74) is 0.969. The summed E-state index contributed by atoms with van der Waals surface area (Å²) in [6, 6.07) is 3.79. The van der Waals surface area contributed by atoms with Crippen molar-refractivity contribution in [1.82, 2.24) is 5.32 Å². The van der Waals surface area contributed by atoms with Crippen LogP contribution in [0.2, 0.25) is 0 Å². The Balaban J connectivity index is 2.40. The molecule has 1 fully saturated rings. The Labute approximate surface area is 101 Å². The first-order valence-corrected chi connectivity index (χ1v) is 5.45. The molecule has 5 heteroatoms. The number of methoxy groups -OCH3 is 3. The Morgan fingerprint density at radius 1 is 1.12 bits per heavy atom. The predicted molar refractivity (Wildman–Crippen MR) is 62.8 cm³/mol.